The van der Waals surface area contributed by atoms with Crippen LogP contribution in [-0.2, 0) is 16.0 Å². The van der Waals surface area contributed by atoms with Crippen molar-refractivity contribution in [1.29, 1.82) is 0 Å². The summed E-state index contributed by atoms with van der Waals surface area (Å²) in [4.78, 5) is 39.4. The first kappa shape index (κ1) is 17.7. The molecule has 0 saturated heterocycles. The van der Waals surface area contributed by atoms with Crippen LogP contribution in [0.2, 0.25) is 0 Å². The van der Waals surface area contributed by atoms with Crippen molar-refractivity contribution in [1.82, 2.24) is 4.98 Å². The Kier molecular flexibility index (Phi) is 4.26. The molecule has 4 rings (SSSR count). The Labute approximate surface area is 162 Å². The van der Waals surface area contributed by atoms with Gasteiger partial charge in [0.25, 0.3) is 0 Å². The number of carbonyl (C=O) groups is 3. The summed E-state index contributed by atoms with van der Waals surface area (Å²) in [5.41, 5.74) is 1.94. The number of benzene rings is 2. The van der Waals surface area contributed by atoms with Crippen LogP contribution in [0.4, 0.5) is 0 Å². The lowest BCUT2D eigenvalue weighted by molar-refractivity contribution is -0.134. The lowest BCUT2D eigenvalue weighted by Gasteiger charge is -2.15. The van der Waals surface area contributed by atoms with Gasteiger partial charge in [-0.15, -0.1) is 0 Å². The number of H-pyrrole nitrogens is 1. The van der Waals surface area contributed by atoms with Crippen LogP contribution in [0.25, 0.3) is 21.7 Å². The molecule has 0 atom stereocenters. The van der Waals surface area contributed by atoms with E-state index in [2.05, 4.69) is 20.9 Å². The topological polar surface area (TPSA) is 85.5 Å². The van der Waals surface area contributed by atoms with Gasteiger partial charge in [-0.05, 0) is 36.4 Å². The van der Waals surface area contributed by atoms with E-state index in [1.165, 1.54) is 13.8 Å². The molecule has 27 heavy (non-hydrogen) atoms. The van der Waals surface area contributed by atoms with Gasteiger partial charge in [-0.1, -0.05) is 15.9 Å². The fraction of sp³-hybridized carbons (Fsp3) is 0.250. The molecule has 1 aromatic heterocycles. The number of aromatic nitrogens is 1. The minimum Gasteiger partial charge on any atom is -0.422 e. The van der Waals surface area contributed by atoms with Crippen LogP contribution in [-0.4, -0.2) is 22.7 Å². The quantitative estimate of drug-likeness (QED) is 0.480. The molecule has 0 unspecified atom stereocenters. The van der Waals surface area contributed by atoms with Crippen LogP contribution < -0.4 is 9.47 Å². The Bertz CT molecular complexity index is 1140. The van der Waals surface area contributed by atoms with Crippen molar-refractivity contribution >= 4 is 55.3 Å². The maximum Gasteiger partial charge on any atom is 0.308 e. The number of carbonyl (C=O) groups excluding carboxylic acids is 3. The highest BCUT2D eigenvalue weighted by Gasteiger charge is 2.29. The van der Waals surface area contributed by atoms with Crippen LogP contribution >= 0.6 is 15.9 Å². The summed E-state index contributed by atoms with van der Waals surface area (Å²) in [5.74, 6) is -0.722. The molecule has 0 bridgehead atoms. The molecule has 3 aromatic rings. The van der Waals surface area contributed by atoms with E-state index in [9.17, 15) is 14.4 Å². The van der Waals surface area contributed by atoms with E-state index in [1.807, 2.05) is 6.07 Å². The Hall–Kier alpha value is -2.67. The summed E-state index contributed by atoms with van der Waals surface area (Å²) < 4.78 is 11.7. The summed E-state index contributed by atoms with van der Waals surface area (Å²) >= 11 is 3.46. The number of hydrogen-bond donors (Lipinski definition) is 1. The zero-order chi connectivity index (χ0) is 19.3. The van der Waals surface area contributed by atoms with Gasteiger partial charge in [0.05, 0.1) is 5.52 Å². The van der Waals surface area contributed by atoms with Gasteiger partial charge in [0.15, 0.2) is 17.3 Å². The molecule has 6 nitrogen and oxygen atoms in total. The molecule has 1 aliphatic carbocycles. The number of ether oxygens (including phenoxy) is 2. The van der Waals surface area contributed by atoms with Gasteiger partial charge in [0.1, 0.15) is 0 Å². The van der Waals surface area contributed by atoms with Gasteiger partial charge in [0.2, 0.25) is 0 Å². The van der Waals surface area contributed by atoms with Crippen LogP contribution in [0.15, 0.2) is 22.7 Å². The van der Waals surface area contributed by atoms with Crippen molar-refractivity contribution in [2.24, 2.45) is 0 Å². The number of aromatic amines is 1. The molecule has 0 spiro atoms. The first-order chi connectivity index (χ1) is 12.9. The molecule has 0 aliphatic heterocycles. The highest BCUT2D eigenvalue weighted by Crippen LogP contribution is 2.47. The number of esters is 2. The largest absolute Gasteiger partial charge is 0.422 e. The van der Waals surface area contributed by atoms with Crippen molar-refractivity contribution < 1.29 is 23.9 Å². The zero-order valence-electron chi connectivity index (χ0n) is 14.8. The van der Waals surface area contributed by atoms with Gasteiger partial charge in [-0.3, -0.25) is 14.4 Å². The van der Waals surface area contributed by atoms with Gasteiger partial charge in [-0.25, -0.2) is 0 Å². The number of aryl methyl sites for hydroxylation is 1. The van der Waals surface area contributed by atoms with Gasteiger partial charge < -0.3 is 14.5 Å². The first-order valence-corrected chi connectivity index (χ1v) is 9.36. The number of hydrogen-bond acceptors (Lipinski definition) is 5. The van der Waals surface area contributed by atoms with Gasteiger partial charge in [-0.2, -0.15) is 0 Å². The molecule has 2 aromatic carbocycles. The number of fused-ring (bicyclic) bond motifs is 5. The summed E-state index contributed by atoms with van der Waals surface area (Å²) in [6.45, 7) is 2.57. The molecule has 0 amide bonds. The monoisotopic (exact) mass is 429 g/mol. The van der Waals surface area contributed by atoms with Crippen LogP contribution in [0.1, 0.15) is 42.7 Å². The molecule has 0 saturated carbocycles. The third kappa shape index (κ3) is 2.92. The minimum atomic E-state index is -0.542. The second kappa shape index (κ2) is 6.49. The van der Waals surface area contributed by atoms with E-state index in [0.29, 0.717) is 28.3 Å². The second-order valence-electron chi connectivity index (χ2n) is 6.54. The van der Waals surface area contributed by atoms with E-state index in [0.717, 1.165) is 28.4 Å². The fourth-order valence-electron chi connectivity index (χ4n) is 3.68. The smallest absolute Gasteiger partial charge is 0.308 e. The number of ketones is 1. The van der Waals surface area contributed by atoms with E-state index < -0.39 is 11.9 Å². The standard InChI is InChI=1S/C20H16BrNO5/c1-9(23)26-19-12-7-6-11(21)8-13(12)16-17-14(4-3-5-15(17)25)22-18(16)20(19)27-10(2)24/h6-8,22H,3-5H2,1-2H3. The van der Waals surface area contributed by atoms with Crippen LogP contribution in [0, 0.1) is 0 Å². The Morgan fingerprint density at radius 1 is 1.04 bits per heavy atom. The SMILES string of the molecule is CC(=O)Oc1c(OC(C)=O)c2[nH]c3c(c2c2cc(Br)ccc12)C(=O)CCC3. The van der Waals surface area contributed by atoms with Crippen molar-refractivity contribution in [2.75, 3.05) is 0 Å². The Morgan fingerprint density at radius 3 is 2.44 bits per heavy atom. The number of nitrogens with one attached hydrogen (secondary N) is 1. The molecule has 0 fully saturated rings. The lowest BCUT2D eigenvalue weighted by Crippen LogP contribution is -2.09. The minimum absolute atomic E-state index is 0.0535. The second-order valence-corrected chi connectivity index (χ2v) is 7.46. The normalized spacial score (nSPS) is 13.7. The maximum atomic E-state index is 12.7. The highest BCUT2D eigenvalue weighted by atomic mass is 79.9. The number of Topliss-reactive ketones (excluding diaryl/α,β-unsaturated/α-hetero) is 1. The van der Waals surface area contributed by atoms with Crippen molar-refractivity contribution in [3.8, 4) is 11.5 Å². The summed E-state index contributed by atoms with van der Waals surface area (Å²) in [7, 11) is 0. The number of rotatable bonds is 2. The predicted octanol–water partition coefficient (Wildman–Crippen LogP) is 4.45. The van der Waals surface area contributed by atoms with Gasteiger partial charge >= 0.3 is 11.9 Å². The molecule has 1 aliphatic rings. The lowest BCUT2D eigenvalue weighted by atomic mass is 9.92. The summed E-state index contributed by atoms with van der Waals surface area (Å²) in [6, 6.07) is 5.45. The van der Waals surface area contributed by atoms with Crippen LogP contribution in [0.5, 0.6) is 11.5 Å². The third-order valence-corrected chi connectivity index (χ3v) is 5.10. The van der Waals surface area contributed by atoms with Crippen molar-refractivity contribution in [3.05, 3.63) is 33.9 Å². The van der Waals surface area contributed by atoms with Gasteiger partial charge in [0, 0.05) is 46.8 Å². The van der Waals surface area contributed by atoms with Crippen molar-refractivity contribution in [2.45, 2.75) is 33.1 Å². The molecule has 0 radical (unpaired) electrons. The molecular weight excluding hydrogens is 414 g/mol. The van der Waals surface area contributed by atoms with E-state index in [4.69, 9.17) is 9.47 Å². The average molecular weight is 430 g/mol. The van der Waals surface area contributed by atoms with E-state index in [1.54, 1.807) is 12.1 Å². The summed E-state index contributed by atoms with van der Waals surface area (Å²) in [5, 5.41) is 2.04. The van der Waals surface area contributed by atoms with Crippen LogP contribution in [0.3, 0.4) is 0 Å². The maximum absolute atomic E-state index is 12.7. The number of halogens is 1. The van der Waals surface area contributed by atoms with Crippen molar-refractivity contribution in [3.63, 3.8) is 0 Å². The predicted molar refractivity (Wildman–Crippen MR) is 103 cm³/mol. The molecule has 1 N–H and O–H groups in total. The van der Waals surface area contributed by atoms with E-state index >= 15 is 0 Å². The average Bonchev–Trinajstić information content (AvgIpc) is 2.98. The van der Waals surface area contributed by atoms with E-state index in [-0.39, 0.29) is 17.3 Å². The Balaban J connectivity index is 2.22. The third-order valence-electron chi connectivity index (χ3n) is 4.61. The Morgan fingerprint density at radius 2 is 1.74 bits per heavy atom. The molecule has 1 heterocycles. The molecule has 7 heteroatoms. The first-order valence-electron chi connectivity index (χ1n) is 8.56. The zero-order valence-corrected chi connectivity index (χ0v) is 16.4. The summed E-state index contributed by atoms with van der Waals surface area (Å²) in [6.07, 6.45) is 1.97. The highest BCUT2D eigenvalue weighted by molar-refractivity contribution is 9.10. The molecular formula is C20H16BrNO5. The fourth-order valence-corrected chi connectivity index (χ4v) is 4.04. The molecule has 138 valence electrons.